The van der Waals surface area contributed by atoms with Gasteiger partial charge in [-0.2, -0.15) is 0 Å². The fraction of sp³-hybridized carbons (Fsp3) is 0.600. The summed E-state index contributed by atoms with van der Waals surface area (Å²) in [5.74, 6) is -0.0247. The van der Waals surface area contributed by atoms with Crippen molar-refractivity contribution in [3.8, 4) is 0 Å². The first-order valence-electron chi connectivity index (χ1n) is 5.14. The van der Waals surface area contributed by atoms with Gasteiger partial charge in [-0.3, -0.25) is 9.69 Å². The number of halogens is 1. The van der Waals surface area contributed by atoms with E-state index >= 15 is 0 Å². The van der Waals surface area contributed by atoms with Crippen LogP contribution in [0, 0.1) is 0 Å². The van der Waals surface area contributed by atoms with Gasteiger partial charge in [-0.25, -0.2) is 4.99 Å². The summed E-state index contributed by atoms with van der Waals surface area (Å²) in [4.78, 5) is 16.4. The van der Waals surface area contributed by atoms with Crippen LogP contribution in [0.4, 0.5) is 0 Å². The summed E-state index contributed by atoms with van der Waals surface area (Å²) < 4.78 is 5.13. The maximum Gasteiger partial charge on any atom is 0.278 e. The number of ether oxygens (including phenoxy) is 1. The van der Waals surface area contributed by atoms with Crippen molar-refractivity contribution in [2.45, 2.75) is 26.0 Å². The summed E-state index contributed by atoms with van der Waals surface area (Å²) >= 11 is 0. The van der Waals surface area contributed by atoms with Crippen LogP contribution in [-0.2, 0) is 9.53 Å². The number of hydrogen-bond acceptors (Lipinski definition) is 3. The highest BCUT2D eigenvalue weighted by Gasteiger charge is 2.15. The lowest BCUT2D eigenvalue weighted by molar-refractivity contribution is -0.726. The lowest BCUT2D eigenvalue weighted by atomic mass is 10.3. The zero-order chi connectivity index (χ0) is 11.1. The van der Waals surface area contributed by atoms with Crippen LogP contribution in [0.3, 0.4) is 0 Å². The number of carbonyl (C=O) groups excluding carboxylic acids is 1. The number of nitrogens with one attached hydrogen (secondary N) is 2. The van der Waals surface area contributed by atoms with Gasteiger partial charge in [0, 0.05) is 7.11 Å². The van der Waals surface area contributed by atoms with Crippen LogP contribution in [0.25, 0.3) is 0 Å². The second kappa shape index (κ2) is 8.43. The minimum atomic E-state index is -0.176. The topological polar surface area (TPSA) is 55.1 Å². The minimum Gasteiger partial charge on any atom is -1.00 e. The summed E-state index contributed by atoms with van der Waals surface area (Å²) in [6.07, 6.45) is 6.86. The van der Waals surface area contributed by atoms with Crippen molar-refractivity contribution in [2.75, 3.05) is 13.7 Å². The van der Waals surface area contributed by atoms with Crippen molar-refractivity contribution in [3.05, 3.63) is 12.4 Å². The van der Waals surface area contributed by atoms with E-state index in [-0.39, 0.29) is 29.1 Å². The third-order valence-electron chi connectivity index (χ3n) is 2.14. The van der Waals surface area contributed by atoms with Gasteiger partial charge in [0.25, 0.3) is 5.91 Å². The van der Waals surface area contributed by atoms with E-state index in [1.165, 1.54) is 0 Å². The number of amides is 1. The number of nitrogens with zero attached hydrogens (tertiary/aromatic N) is 1. The van der Waals surface area contributed by atoms with E-state index in [0.717, 1.165) is 17.7 Å². The molecule has 5 nitrogen and oxygen atoms in total. The predicted octanol–water partition coefficient (Wildman–Crippen LogP) is -3.72. The zero-order valence-electron chi connectivity index (χ0n) is 9.57. The number of methoxy groups -OCH3 is 1. The Bertz CT molecular complexity index is 257. The Morgan fingerprint density at radius 1 is 1.62 bits per heavy atom. The Balaban J connectivity index is 0.00000225. The molecule has 1 heterocycles. The molecule has 0 radical (unpaired) electrons. The molecule has 0 fully saturated rings. The third-order valence-corrected chi connectivity index (χ3v) is 2.14. The Hall–Kier alpha value is -0.720. The molecule has 1 amide bonds. The molecule has 92 valence electrons. The fourth-order valence-corrected chi connectivity index (χ4v) is 1.35. The fourth-order valence-electron chi connectivity index (χ4n) is 1.35. The van der Waals surface area contributed by atoms with Gasteiger partial charge in [-0.15, -0.1) is 0 Å². The standard InChI is InChI=1S/C10H17N3O2.BrH/c1-3-4-10(15-2)12-9(14)7-13-6-5-11-8-13;/h5-6,8,10H,3-4,7H2,1-2H3,(H,12,14);1H. The van der Waals surface area contributed by atoms with Crippen LogP contribution in [0.1, 0.15) is 19.8 Å². The van der Waals surface area contributed by atoms with Crippen molar-refractivity contribution < 1.29 is 31.4 Å². The van der Waals surface area contributed by atoms with Crippen molar-refractivity contribution in [1.29, 1.82) is 0 Å². The SMILES string of the molecule is CCCC(NC(=O)C[NH+]1C=CN=C1)OC.[Br-]. The van der Waals surface area contributed by atoms with Crippen LogP contribution in [0.15, 0.2) is 17.4 Å². The van der Waals surface area contributed by atoms with E-state index in [9.17, 15) is 4.79 Å². The Morgan fingerprint density at radius 3 is 2.88 bits per heavy atom. The summed E-state index contributed by atoms with van der Waals surface area (Å²) in [6.45, 7) is 2.42. The van der Waals surface area contributed by atoms with Crippen LogP contribution < -0.4 is 27.2 Å². The highest BCUT2D eigenvalue weighted by atomic mass is 79.9. The van der Waals surface area contributed by atoms with E-state index in [0.29, 0.717) is 6.54 Å². The minimum absolute atomic E-state index is 0. The van der Waals surface area contributed by atoms with Gasteiger partial charge >= 0.3 is 0 Å². The molecule has 2 atom stereocenters. The molecule has 0 aromatic heterocycles. The van der Waals surface area contributed by atoms with Gasteiger partial charge in [0.15, 0.2) is 12.9 Å². The number of rotatable bonds is 6. The highest BCUT2D eigenvalue weighted by Crippen LogP contribution is 1.95. The second-order valence-electron chi connectivity index (χ2n) is 3.43. The van der Waals surface area contributed by atoms with Crippen LogP contribution in [0.5, 0.6) is 0 Å². The van der Waals surface area contributed by atoms with Gasteiger partial charge in [0.05, 0.1) is 6.20 Å². The van der Waals surface area contributed by atoms with E-state index in [1.54, 1.807) is 19.6 Å². The van der Waals surface area contributed by atoms with Gasteiger partial charge in [-0.05, 0) is 6.42 Å². The molecule has 1 aliphatic rings. The summed E-state index contributed by atoms with van der Waals surface area (Å²) in [6, 6.07) is 0. The molecule has 0 bridgehead atoms. The van der Waals surface area contributed by atoms with E-state index in [2.05, 4.69) is 17.2 Å². The smallest absolute Gasteiger partial charge is 0.278 e. The molecular formula is C10H18BrN3O2. The average molecular weight is 292 g/mol. The van der Waals surface area contributed by atoms with E-state index < -0.39 is 0 Å². The Labute approximate surface area is 106 Å². The summed E-state index contributed by atoms with van der Waals surface area (Å²) in [5.41, 5.74) is 0. The first-order valence-corrected chi connectivity index (χ1v) is 5.14. The van der Waals surface area contributed by atoms with E-state index in [1.807, 2.05) is 6.20 Å². The second-order valence-corrected chi connectivity index (χ2v) is 3.43. The quantitative estimate of drug-likeness (QED) is 0.495. The molecule has 16 heavy (non-hydrogen) atoms. The van der Waals surface area contributed by atoms with Gasteiger partial charge in [0.2, 0.25) is 0 Å². The van der Waals surface area contributed by atoms with Crippen molar-refractivity contribution in [2.24, 2.45) is 4.99 Å². The molecular weight excluding hydrogens is 274 g/mol. The molecule has 0 saturated heterocycles. The molecule has 0 aromatic rings. The predicted molar refractivity (Wildman–Crippen MR) is 57.3 cm³/mol. The monoisotopic (exact) mass is 291 g/mol. The van der Waals surface area contributed by atoms with E-state index in [4.69, 9.17) is 4.74 Å². The van der Waals surface area contributed by atoms with Crippen LogP contribution in [-0.4, -0.2) is 32.1 Å². The molecule has 6 heteroatoms. The molecule has 2 unspecified atom stereocenters. The largest absolute Gasteiger partial charge is 1.00 e. The first kappa shape index (κ1) is 15.3. The van der Waals surface area contributed by atoms with Gasteiger partial charge in [0.1, 0.15) is 12.4 Å². The van der Waals surface area contributed by atoms with Crippen LogP contribution >= 0.6 is 0 Å². The Kier molecular flexibility index (Phi) is 8.05. The number of aliphatic imine (C=N–C) groups is 1. The third kappa shape index (κ3) is 5.39. The lowest BCUT2D eigenvalue weighted by Gasteiger charge is -2.16. The zero-order valence-corrected chi connectivity index (χ0v) is 11.2. The molecule has 0 spiro atoms. The molecule has 0 aromatic carbocycles. The molecule has 1 aliphatic heterocycles. The van der Waals surface area contributed by atoms with Gasteiger partial charge in [-0.1, -0.05) is 13.3 Å². The maximum absolute atomic E-state index is 11.5. The summed E-state index contributed by atoms with van der Waals surface area (Å²) in [5, 5.41) is 2.82. The number of carbonyl (C=O) groups is 1. The highest BCUT2D eigenvalue weighted by molar-refractivity contribution is 5.78. The molecule has 0 saturated carbocycles. The normalized spacial score (nSPS) is 19.2. The van der Waals surface area contributed by atoms with Crippen LogP contribution in [0.2, 0.25) is 0 Å². The van der Waals surface area contributed by atoms with Crippen molar-refractivity contribution in [3.63, 3.8) is 0 Å². The summed E-state index contributed by atoms with van der Waals surface area (Å²) in [7, 11) is 1.60. The van der Waals surface area contributed by atoms with Gasteiger partial charge < -0.3 is 27.0 Å². The Morgan fingerprint density at radius 2 is 2.38 bits per heavy atom. The average Bonchev–Trinajstić information content (AvgIpc) is 2.69. The molecule has 2 N–H and O–H groups in total. The maximum atomic E-state index is 11.5. The first-order chi connectivity index (χ1) is 7.26. The van der Waals surface area contributed by atoms with Crippen molar-refractivity contribution >= 4 is 12.2 Å². The lowest BCUT2D eigenvalue weighted by Crippen LogP contribution is -3.07. The molecule has 0 aliphatic carbocycles. The number of hydrogen-bond donors (Lipinski definition) is 2. The molecule has 1 rings (SSSR count). The number of quaternary nitrogens is 1. The van der Waals surface area contributed by atoms with Crippen molar-refractivity contribution in [1.82, 2.24) is 5.32 Å².